The molecule has 2 fully saturated rings. The maximum atomic E-state index is 11.6. The fourth-order valence-electron chi connectivity index (χ4n) is 3.58. The zero-order chi connectivity index (χ0) is 22.3. The third-order valence-corrected chi connectivity index (χ3v) is 5.37. The van der Waals surface area contributed by atoms with Gasteiger partial charge in [-0.25, -0.2) is 4.79 Å². The molecule has 2 aliphatic rings. The van der Waals surface area contributed by atoms with Crippen LogP contribution in [0.25, 0.3) is 11.0 Å². The van der Waals surface area contributed by atoms with Crippen LogP contribution in [-0.2, 0) is 14.2 Å². The van der Waals surface area contributed by atoms with Crippen LogP contribution in [0.15, 0.2) is 33.5 Å². The van der Waals surface area contributed by atoms with E-state index in [0.717, 1.165) is 10.9 Å². The van der Waals surface area contributed by atoms with Crippen molar-refractivity contribution in [2.75, 3.05) is 13.2 Å². The van der Waals surface area contributed by atoms with Crippen LogP contribution >= 0.6 is 0 Å². The first-order chi connectivity index (χ1) is 14.7. The van der Waals surface area contributed by atoms with Crippen molar-refractivity contribution in [1.29, 1.82) is 0 Å². The highest BCUT2D eigenvalue weighted by Crippen LogP contribution is 2.27. The average molecular weight is 440 g/mol. The fourth-order valence-corrected chi connectivity index (χ4v) is 3.58. The van der Waals surface area contributed by atoms with Crippen LogP contribution in [0.4, 0.5) is 0 Å². The Labute approximate surface area is 176 Å². The SMILES string of the molecule is Cc1cc(=O)oc2cc(OC3OCC(OC4OCC(O)C(O)C4O)C(O)C3O)ccc12. The Hall–Kier alpha value is -2.09. The lowest BCUT2D eigenvalue weighted by Crippen LogP contribution is -2.60. The van der Waals surface area contributed by atoms with Gasteiger partial charge in [-0.15, -0.1) is 0 Å². The second-order valence-corrected chi connectivity index (χ2v) is 7.63. The molecule has 1 aromatic carbocycles. The Morgan fingerprint density at radius 2 is 1.61 bits per heavy atom. The maximum Gasteiger partial charge on any atom is 0.336 e. The van der Waals surface area contributed by atoms with Crippen molar-refractivity contribution in [2.45, 2.75) is 56.1 Å². The highest BCUT2D eigenvalue weighted by molar-refractivity contribution is 5.81. The molecule has 2 saturated heterocycles. The van der Waals surface area contributed by atoms with E-state index in [1.165, 1.54) is 12.1 Å². The monoisotopic (exact) mass is 440 g/mol. The number of hydrogen-bond acceptors (Lipinski definition) is 11. The summed E-state index contributed by atoms with van der Waals surface area (Å²) in [6, 6.07) is 6.16. The molecule has 31 heavy (non-hydrogen) atoms. The molecule has 5 N–H and O–H groups in total. The van der Waals surface area contributed by atoms with Gasteiger partial charge in [-0.2, -0.15) is 0 Å². The summed E-state index contributed by atoms with van der Waals surface area (Å²) in [7, 11) is 0. The Balaban J connectivity index is 1.41. The predicted octanol–water partition coefficient (Wildman–Crippen LogP) is -1.62. The second kappa shape index (κ2) is 8.81. The van der Waals surface area contributed by atoms with E-state index < -0.39 is 54.8 Å². The number of hydrogen-bond donors (Lipinski definition) is 5. The standard InChI is InChI=1S/C20H24O11/c1-8-4-14(22)30-12-5-9(2-3-10(8)12)29-19-18(26)16(24)13(7-28-19)31-20-17(25)15(23)11(21)6-27-20/h2-5,11,13,15-21,23-26H,6-7H2,1H3. The van der Waals surface area contributed by atoms with Crippen molar-refractivity contribution in [1.82, 2.24) is 0 Å². The quantitative estimate of drug-likeness (QED) is 0.347. The predicted molar refractivity (Wildman–Crippen MR) is 102 cm³/mol. The van der Waals surface area contributed by atoms with Crippen LogP contribution in [0, 0.1) is 6.92 Å². The summed E-state index contributed by atoms with van der Waals surface area (Å²) in [4.78, 5) is 11.6. The molecule has 0 amide bonds. The smallest absolute Gasteiger partial charge is 0.336 e. The van der Waals surface area contributed by atoms with Gasteiger partial charge in [-0.3, -0.25) is 0 Å². The molecule has 11 heteroatoms. The molecule has 2 aromatic rings. The first-order valence-electron chi connectivity index (χ1n) is 9.75. The van der Waals surface area contributed by atoms with Crippen molar-refractivity contribution in [3.05, 3.63) is 40.2 Å². The van der Waals surface area contributed by atoms with Gasteiger partial charge in [0.1, 0.15) is 48.0 Å². The van der Waals surface area contributed by atoms with Crippen molar-refractivity contribution < 1.29 is 48.9 Å². The van der Waals surface area contributed by atoms with Crippen LogP contribution in [-0.4, -0.2) is 88.0 Å². The zero-order valence-electron chi connectivity index (χ0n) is 16.5. The molecule has 11 nitrogen and oxygen atoms in total. The van der Waals surface area contributed by atoms with E-state index in [4.69, 9.17) is 23.4 Å². The van der Waals surface area contributed by atoms with Gasteiger partial charge in [0, 0.05) is 17.5 Å². The molecular weight excluding hydrogens is 416 g/mol. The molecule has 3 heterocycles. The number of rotatable bonds is 4. The van der Waals surface area contributed by atoms with Crippen molar-refractivity contribution in [3.8, 4) is 5.75 Å². The van der Waals surface area contributed by atoms with E-state index in [0.29, 0.717) is 5.58 Å². The van der Waals surface area contributed by atoms with Gasteiger partial charge >= 0.3 is 5.63 Å². The van der Waals surface area contributed by atoms with Gasteiger partial charge in [0.15, 0.2) is 6.29 Å². The number of aliphatic hydroxyl groups is 5. The zero-order valence-corrected chi connectivity index (χ0v) is 16.5. The lowest BCUT2D eigenvalue weighted by Gasteiger charge is -2.41. The first kappa shape index (κ1) is 22.1. The van der Waals surface area contributed by atoms with Crippen molar-refractivity contribution >= 4 is 11.0 Å². The average Bonchev–Trinajstić information content (AvgIpc) is 2.73. The number of aryl methyl sites for hydroxylation is 1. The molecule has 0 aliphatic carbocycles. The third-order valence-electron chi connectivity index (χ3n) is 5.37. The molecule has 2 aliphatic heterocycles. The van der Waals surface area contributed by atoms with Gasteiger partial charge in [0.05, 0.1) is 13.2 Å². The Bertz CT molecular complexity index is 975. The van der Waals surface area contributed by atoms with E-state index in [1.807, 2.05) is 0 Å². The molecule has 8 atom stereocenters. The summed E-state index contributed by atoms with van der Waals surface area (Å²) >= 11 is 0. The Morgan fingerprint density at radius 3 is 2.39 bits per heavy atom. The molecule has 0 saturated carbocycles. The minimum atomic E-state index is -1.54. The second-order valence-electron chi connectivity index (χ2n) is 7.63. The van der Waals surface area contributed by atoms with Gasteiger partial charge in [-0.1, -0.05) is 0 Å². The van der Waals surface area contributed by atoms with Crippen molar-refractivity contribution in [3.63, 3.8) is 0 Å². The minimum Gasteiger partial charge on any atom is -0.462 e. The van der Waals surface area contributed by atoms with Crippen LogP contribution in [0.2, 0.25) is 0 Å². The lowest BCUT2D eigenvalue weighted by atomic mass is 10.0. The molecule has 0 spiro atoms. The van der Waals surface area contributed by atoms with Crippen LogP contribution in [0.3, 0.4) is 0 Å². The highest BCUT2D eigenvalue weighted by Gasteiger charge is 2.45. The molecule has 0 radical (unpaired) electrons. The number of benzene rings is 1. The van der Waals surface area contributed by atoms with E-state index in [2.05, 4.69) is 0 Å². The van der Waals surface area contributed by atoms with Gasteiger partial charge in [-0.05, 0) is 24.6 Å². The summed E-state index contributed by atoms with van der Waals surface area (Å²) in [6.07, 6.45) is -10.9. The van der Waals surface area contributed by atoms with Crippen molar-refractivity contribution in [2.24, 2.45) is 0 Å². The van der Waals surface area contributed by atoms with Crippen LogP contribution in [0.1, 0.15) is 5.56 Å². The summed E-state index contributed by atoms with van der Waals surface area (Å²) in [5, 5.41) is 50.7. The topological polar surface area (TPSA) is 168 Å². The first-order valence-corrected chi connectivity index (χ1v) is 9.75. The fraction of sp³-hybridized carbons (Fsp3) is 0.550. The summed E-state index contributed by atoms with van der Waals surface area (Å²) in [5.41, 5.74) is 0.543. The highest BCUT2D eigenvalue weighted by atomic mass is 16.7. The molecule has 8 unspecified atom stereocenters. The summed E-state index contributed by atoms with van der Waals surface area (Å²) in [5.74, 6) is 0.250. The number of ether oxygens (including phenoxy) is 4. The van der Waals surface area contributed by atoms with Gasteiger partial charge < -0.3 is 48.9 Å². The molecule has 170 valence electrons. The Kier molecular flexibility index (Phi) is 6.28. The minimum absolute atomic E-state index is 0.212. The maximum absolute atomic E-state index is 11.6. The molecular formula is C20H24O11. The van der Waals surface area contributed by atoms with Crippen LogP contribution in [0.5, 0.6) is 5.75 Å². The molecule has 4 rings (SSSR count). The lowest BCUT2D eigenvalue weighted by molar-refractivity contribution is -0.320. The summed E-state index contributed by atoms with van der Waals surface area (Å²) < 4.78 is 26.8. The van der Waals surface area contributed by atoms with E-state index in [-0.39, 0.29) is 19.0 Å². The molecule has 0 bridgehead atoms. The third kappa shape index (κ3) is 4.45. The number of aliphatic hydroxyl groups excluding tert-OH is 5. The van der Waals surface area contributed by atoms with Gasteiger partial charge in [0.2, 0.25) is 6.29 Å². The van der Waals surface area contributed by atoms with E-state index >= 15 is 0 Å². The van der Waals surface area contributed by atoms with Crippen LogP contribution < -0.4 is 10.4 Å². The van der Waals surface area contributed by atoms with Gasteiger partial charge in [0.25, 0.3) is 0 Å². The Morgan fingerprint density at radius 1 is 0.903 bits per heavy atom. The summed E-state index contributed by atoms with van der Waals surface area (Å²) in [6.45, 7) is 1.30. The van der Waals surface area contributed by atoms with E-state index in [1.54, 1.807) is 19.1 Å². The number of fused-ring (bicyclic) bond motifs is 1. The normalized spacial score (nSPS) is 36.5. The molecule has 1 aromatic heterocycles. The van der Waals surface area contributed by atoms with E-state index in [9.17, 15) is 30.3 Å². The largest absolute Gasteiger partial charge is 0.462 e.